The number of thiazole rings is 1. The molecular weight excluding hydrogens is 395 g/mol. The van der Waals surface area contributed by atoms with Crippen molar-refractivity contribution in [2.45, 2.75) is 32.3 Å². The third-order valence-corrected chi connectivity index (χ3v) is 6.30. The molecule has 0 unspecified atom stereocenters. The molecule has 0 radical (unpaired) electrons. The molecule has 0 N–H and O–H groups in total. The van der Waals surface area contributed by atoms with Crippen LogP contribution in [0.2, 0.25) is 10.0 Å². The Balaban J connectivity index is 1.59. The maximum Gasteiger partial charge on any atom is 0.340 e. The smallest absolute Gasteiger partial charge is 0.340 e. The summed E-state index contributed by atoms with van der Waals surface area (Å²) < 4.78 is 6.95. The van der Waals surface area contributed by atoms with E-state index in [2.05, 4.69) is 4.98 Å². The monoisotopic (exact) mass is 408 g/mol. The second-order valence-electron chi connectivity index (χ2n) is 6.06. The van der Waals surface area contributed by atoms with Gasteiger partial charge in [0.15, 0.2) is 4.96 Å². The number of benzene rings is 1. The Labute approximate surface area is 163 Å². The van der Waals surface area contributed by atoms with Gasteiger partial charge in [0.25, 0.3) is 5.56 Å². The van der Waals surface area contributed by atoms with E-state index in [1.165, 1.54) is 28.3 Å². The van der Waals surface area contributed by atoms with Gasteiger partial charge in [0.1, 0.15) is 6.61 Å². The number of hydrogen-bond acceptors (Lipinski definition) is 5. The van der Waals surface area contributed by atoms with E-state index < -0.39 is 5.97 Å². The Morgan fingerprint density at radius 3 is 2.92 bits per heavy atom. The van der Waals surface area contributed by atoms with Gasteiger partial charge < -0.3 is 4.74 Å². The van der Waals surface area contributed by atoms with Crippen LogP contribution in [0.3, 0.4) is 0 Å². The van der Waals surface area contributed by atoms with E-state index in [9.17, 15) is 9.59 Å². The molecule has 0 saturated heterocycles. The number of aryl methyl sites for hydroxylation is 2. The molecule has 26 heavy (non-hydrogen) atoms. The highest BCUT2D eigenvalue weighted by Crippen LogP contribution is 2.29. The first-order valence-corrected chi connectivity index (χ1v) is 9.76. The highest BCUT2D eigenvalue weighted by Gasteiger charge is 2.19. The highest BCUT2D eigenvalue weighted by molar-refractivity contribution is 7.17. The number of carbonyl (C=O) groups excluding carboxylic acids is 1. The Bertz CT molecular complexity index is 1070. The van der Waals surface area contributed by atoms with Crippen LogP contribution in [0.15, 0.2) is 29.1 Å². The fourth-order valence-corrected chi connectivity index (χ4v) is 4.70. The van der Waals surface area contributed by atoms with E-state index in [1.807, 2.05) is 0 Å². The summed E-state index contributed by atoms with van der Waals surface area (Å²) in [6.07, 6.45) is 4.11. The zero-order valence-electron chi connectivity index (χ0n) is 13.6. The molecule has 8 heteroatoms. The van der Waals surface area contributed by atoms with Gasteiger partial charge in [0, 0.05) is 16.6 Å². The lowest BCUT2D eigenvalue weighted by Crippen LogP contribution is -2.18. The summed E-state index contributed by atoms with van der Waals surface area (Å²) in [5.41, 5.74) is 1.54. The van der Waals surface area contributed by atoms with Crippen LogP contribution in [-0.2, 0) is 24.2 Å². The van der Waals surface area contributed by atoms with Crippen LogP contribution in [0.25, 0.3) is 4.96 Å². The Morgan fingerprint density at radius 2 is 2.08 bits per heavy atom. The molecule has 5 nitrogen and oxygen atoms in total. The average Bonchev–Trinajstić information content (AvgIpc) is 3.01. The molecule has 0 saturated carbocycles. The minimum Gasteiger partial charge on any atom is -0.456 e. The van der Waals surface area contributed by atoms with E-state index in [0.717, 1.165) is 31.4 Å². The van der Waals surface area contributed by atoms with Gasteiger partial charge in [-0.2, -0.15) is 0 Å². The van der Waals surface area contributed by atoms with Gasteiger partial charge >= 0.3 is 5.97 Å². The van der Waals surface area contributed by atoms with Crippen molar-refractivity contribution < 1.29 is 9.53 Å². The SMILES string of the molecule is O=C(OCc1cc(=O)n2c3c(sc2n1)CCCC3)c1cccc(Cl)c1Cl. The number of rotatable bonds is 3. The number of hydrogen-bond donors (Lipinski definition) is 0. The van der Waals surface area contributed by atoms with E-state index in [1.54, 1.807) is 16.5 Å². The van der Waals surface area contributed by atoms with Gasteiger partial charge in [0.05, 0.1) is 21.3 Å². The van der Waals surface area contributed by atoms with E-state index in [4.69, 9.17) is 27.9 Å². The second kappa shape index (κ2) is 7.02. The van der Waals surface area contributed by atoms with Crippen molar-refractivity contribution in [1.82, 2.24) is 9.38 Å². The lowest BCUT2D eigenvalue weighted by molar-refractivity contribution is 0.0468. The van der Waals surface area contributed by atoms with Crippen LogP contribution in [-0.4, -0.2) is 15.4 Å². The molecule has 1 aromatic carbocycles. The molecule has 2 aromatic heterocycles. The lowest BCUT2D eigenvalue weighted by atomic mass is 10.0. The summed E-state index contributed by atoms with van der Waals surface area (Å²) in [6.45, 7) is -0.101. The molecule has 2 heterocycles. The van der Waals surface area contributed by atoms with Crippen LogP contribution >= 0.6 is 34.5 Å². The number of fused-ring (bicyclic) bond motifs is 3. The van der Waals surface area contributed by atoms with Crippen molar-refractivity contribution in [2.75, 3.05) is 0 Å². The minimum atomic E-state index is -0.607. The molecule has 0 bridgehead atoms. The van der Waals surface area contributed by atoms with Gasteiger partial charge in [-0.25, -0.2) is 9.78 Å². The average molecular weight is 409 g/mol. The number of halogens is 2. The molecule has 0 amide bonds. The summed E-state index contributed by atoms with van der Waals surface area (Å²) in [5, 5.41) is 0.427. The standard InChI is InChI=1S/C18H14Cl2N2O3S/c19-12-5-3-4-11(16(12)20)17(24)25-9-10-8-15(23)22-13-6-1-2-7-14(13)26-18(22)21-10/h3-5,8H,1-2,6-7,9H2. The summed E-state index contributed by atoms with van der Waals surface area (Å²) in [4.78, 5) is 31.1. The van der Waals surface area contributed by atoms with Crippen LogP contribution < -0.4 is 5.56 Å². The predicted molar refractivity (Wildman–Crippen MR) is 102 cm³/mol. The molecule has 1 aliphatic rings. The second-order valence-corrected chi connectivity index (χ2v) is 7.91. The zero-order chi connectivity index (χ0) is 18.3. The quantitative estimate of drug-likeness (QED) is 0.606. The molecular formula is C18H14Cl2N2O3S. The third kappa shape index (κ3) is 3.13. The maximum absolute atomic E-state index is 12.5. The van der Waals surface area contributed by atoms with Crippen LogP contribution in [0.4, 0.5) is 0 Å². The maximum atomic E-state index is 12.5. The van der Waals surface area contributed by atoms with E-state index in [0.29, 0.717) is 10.7 Å². The number of aromatic nitrogens is 2. The molecule has 0 spiro atoms. The Hall–Kier alpha value is -1.89. The summed E-state index contributed by atoms with van der Waals surface area (Å²) >= 11 is 13.5. The van der Waals surface area contributed by atoms with Crippen molar-refractivity contribution >= 4 is 45.5 Å². The molecule has 0 aliphatic heterocycles. The van der Waals surface area contributed by atoms with Gasteiger partial charge in [-0.1, -0.05) is 29.3 Å². The van der Waals surface area contributed by atoms with E-state index >= 15 is 0 Å². The number of esters is 1. The van der Waals surface area contributed by atoms with Crippen molar-refractivity contribution in [2.24, 2.45) is 0 Å². The first-order valence-electron chi connectivity index (χ1n) is 8.19. The van der Waals surface area contributed by atoms with Crippen molar-refractivity contribution in [1.29, 1.82) is 0 Å². The molecule has 3 aromatic rings. The van der Waals surface area contributed by atoms with Crippen molar-refractivity contribution in [3.05, 3.63) is 66.5 Å². The summed E-state index contributed by atoms with van der Waals surface area (Å²) in [7, 11) is 0. The fraction of sp³-hybridized carbons (Fsp3) is 0.278. The van der Waals surface area contributed by atoms with Gasteiger partial charge in [-0.05, 0) is 37.8 Å². The molecule has 4 rings (SSSR count). The number of nitrogens with zero attached hydrogens (tertiary/aromatic N) is 2. The van der Waals surface area contributed by atoms with Crippen LogP contribution in [0.1, 0.15) is 39.5 Å². The fourth-order valence-electron chi connectivity index (χ4n) is 3.09. The number of carbonyl (C=O) groups is 1. The zero-order valence-corrected chi connectivity index (χ0v) is 16.0. The largest absolute Gasteiger partial charge is 0.456 e. The van der Waals surface area contributed by atoms with Crippen molar-refractivity contribution in [3.63, 3.8) is 0 Å². The third-order valence-electron chi connectivity index (χ3n) is 4.34. The minimum absolute atomic E-state index is 0.101. The Morgan fingerprint density at radius 1 is 1.27 bits per heavy atom. The van der Waals surface area contributed by atoms with E-state index in [-0.39, 0.29) is 27.8 Å². The first kappa shape index (κ1) is 17.5. The van der Waals surface area contributed by atoms with Crippen LogP contribution in [0, 0.1) is 0 Å². The van der Waals surface area contributed by atoms with Gasteiger partial charge in [0.2, 0.25) is 0 Å². The molecule has 1 aliphatic carbocycles. The normalized spacial score (nSPS) is 13.6. The number of ether oxygens (including phenoxy) is 1. The predicted octanol–water partition coefficient (Wildman–Crippen LogP) is 4.30. The molecule has 134 valence electrons. The molecule has 0 fully saturated rings. The summed E-state index contributed by atoms with van der Waals surface area (Å²) in [6, 6.07) is 6.17. The van der Waals surface area contributed by atoms with Gasteiger partial charge in [-0.15, -0.1) is 11.3 Å². The molecule has 0 atom stereocenters. The topological polar surface area (TPSA) is 60.7 Å². The first-order chi connectivity index (χ1) is 12.5. The Kier molecular flexibility index (Phi) is 4.73. The highest BCUT2D eigenvalue weighted by atomic mass is 35.5. The van der Waals surface area contributed by atoms with Gasteiger partial charge in [-0.3, -0.25) is 9.20 Å². The lowest BCUT2D eigenvalue weighted by Gasteiger charge is -2.10. The van der Waals surface area contributed by atoms with Crippen molar-refractivity contribution in [3.8, 4) is 0 Å². The summed E-state index contributed by atoms with van der Waals surface area (Å²) in [5.74, 6) is -0.607. The van der Waals surface area contributed by atoms with Crippen LogP contribution in [0.5, 0.6) is 0 Å².